The van der Waals surface area contributed by atoms with Gasteiger partial charge >= 0.3 is 0 Å². The van der Waals surface area contributed by atoms with E-state index in [1.807, 2.05) is 60.7 Å². The lowest BCUT2D eigenvalue weighted by Gasteiger charge is -2.08. The van der Waals surface area contributed by atoms with Crippen molar-refractivity contribution in [2.24, 2.45) is 0 Å². The highest BCUT2D eigenvalue weighted by atomic mass is 32.2. The normalized spacial score (nSPS) is 13.5. The average Bonchev–Trinajstić information content (AvgIpc) is 3.57. The lowest BCUT2D eigenvalue weighted by molar-refractivity contribution is -0.116. The predicted octanol–water partition coefficient (Wildman–Crippen LogP) is 5.02. The van der Waals surface area contributed by atoms with Crippen LogP contribution >= 0.6 is 0 Å². The zero-order valence-corrected chi connectivity index (χ0v) is 19.8. The molecule has 1 fully saturated rings. The first kappa shape index (κ1) is 23.0. The zero-order chi connectivity index (χ0) is 24.3. The highest BCUT2D eigenvalue weighted by Crippen LogP contribution is 2.33. The number of carbonyl (C=O) groups excluding carboxylic acids is 1. The number of rotatable bonds is 9. The third-order valence-corrected chi connectivity index (χ3v) is 7.17. The third-order valence-electron chi connectivity index (χ3n) is 5.65. The van der Waals surface area contributed by atoms with E-state index >= 15 is 0 Å². The summed E-state index contributed by atoms with van der Waals surface area (Å²) in [5.41, 5.74) is 3.00. The summed E-state index contributed by atoms with van der Waals surface area (Å²) < 4.78 is 33.6. The van der Waals surface area contributed by atoms with Crippen LogP contribution in [-0.4, -0.2) is 25.4 Å². The van der Waals surface area contributed by atoms with Crippen molar-refractivity contribution in [1.82, 2.24) is 9.71 Å². The number of amides is 1. The van der Waals surface area contributed by atoms with Gasteiger partial charge in [0.2, 0.25) is 15.9 Å². The summed E-state index contributed by atoms with van der Waals surface area (Å²) in [6.45, 7) is 0. The molecule has 0 saturated heterocycles. The summed E-state index contributed by atoms with van der Waals surface area (Å²) in [4.78, 5) is 17.4. The van der Waals surface area contributed by atoms with Crippen LogP contribution in [0.2, 0.25) is 0 Å². The molecule has 1 amide bonds. The Morgan fingerprint density at radius 3 is 2.29 bits per heavy atom. The maximum atomic E-state index is 12.6. The largest absolute Gasteiger partial charge is 0.440 e. The van der Waals surface area contributed by atoms with Crippen LogP contribution in [0.25, 0.3) is 22.6 Å². The molecule has 5 rings (SSSR count). The number of anilines is 1. The predicted molar refractivity (Wildman–Crippen MR) is 134 cm³/mol. The topological polar surface area (TPSA) is 101 Å². The smallest absolute Gasteiger partial charge is 0.240 e. The van der Waals surface area contributed by atoms with E-state index in [2.05, 4.69) is 15.0 Å². The van der Waals surface area contributed by atoms with E-state index in [1.165, 1.54) is 12.1 Å². The van der Waals surface area contributed by atoms with E-state index in [9.17, 15) is 13.2 Å². The molecule has 0 radical (unpaired) electrons. The van der Waals surface area contributed by atoms with Gasteiger partial charge in [0.05, 0.1) is 4.90 Å². The van der Waals surface area contributed by atoms with E-state index in [0.29, 0.717) is 23.8 Å². The molecule has 178 valence electrons. The summed E-state index contributed by atoms with van der Waals surface area (Å²) >= 11 is 0. The quantitative estimate of drug-likeness (QED) is 0.345. The van der Waals surface area contributed by atoms with Gasteiger partial charge in [-0.05, 0) is 31.0 Å². The Morgan fingerprint density at radius 2 is 1.60 bits per heavy atom. The van der Waals surface area contributed by atoms with Crippen LogP contribution < -0.4 is 10.0 Å². The van der Waals surface area contributed by atoms with Gasteiger partial charge in [-0.2, -0.15) is 0 Å². The molecule has 1 aliphatic rings. The van der Waals surface area contributed by atoms with Crippen LogP contribution in [0.1, 0.15) is 25.2 Å². The van der Waals surface area contributed by atoms with Crippen molar-refractivity contribution < 1.29 is 17.6 Å². The van der Waals surface area contributed by atoms with Crippen molar-refractivity contribution in [2.75, 3.05) is 5.32 Å². The molecule has 2 N–H and O–H groups in total. The van der Waals surface area contributed by atoms with E-state index in [4.69, 9.17) is 4.42 Å². The maximum absolute atomic E-state index is 12.6. The Labute approximate surface area is 204 Å². The summed E-state index contributed by atoms with van der Waals surface area (Å²) in [6.07, 6.45) is 2.16. The summed E-state index contributed by atoms with van der Waals surface area (Å²) in [5, 5.41) is 2.78. The van der Waals surface area contributed by atoms with E-state index in [-0.39, 0.29) is 23.3 Å². The van der Waals surface area contributed by atoms with Gasteiger partial charge in [-0.3, -0.25) is 4.79 Å². The molecular formula is C27H25N3O4S. The number of nitrogens with one attached hydrogen (secondary N) is 2. The molecule has 0 bridgehead atoms. The van der Waals surface area contributed by atoms with Crippen LogP contribution in [0, 0.1) is 0 Å². The fourth-order valence-corrected chi connectivity index (χ4v) is 5.07. The fraction of sp³-hybridized carbons (Fsp3) is 0.185. The summed E-state index contributed by atoms with van der Waals surface area (Å²) in [7, 11) is -3.59. The average molecular weight is 488 g/mol. The number of carbonyl (C=O) groups is 1. The van der Waals surface area contributed by atoms with Gasteiger partial charge in [-0.1, -0.05) is 66.7 Å². The maximum Gasteiger partial charge on any atom is 0.240 e. The second-order valence-electron chi connectivity index (χ2n) is 8.49. The third kappa shape index (κ3) is 5.67. The SMILES string of the molecule is O=C(CCc1nc(-c2ccccc2)c(-c2ccccc2)o1)Nc1cccc(S(=O)(=O)NC2CC2)c1. The van der Waals surface area contributed by atoms with Crippen molar-refractivity contribution in [3.63, 3.8) is 0 Å². The van der Waals surface area contributed by atoms with Crippen LogP contribution in [0.15, 0.2) is 94.2 Å². The molecular weight excluding hydrogens is 462 g/mol. The van der Waals surface area contributed by atoms with Gasteiger partial charge in [0.1, 0.15) is 5.69 Å². The van der Waals surface area contributed by atoms with Crippen molar-refractivity contribution >= 4 is 21.6 Å². The van der Waals surface area contributed by atoms with Crippen molar-refractivity contribution in [3.05, 3.63) is 90.8 Å². The molecule has 1 aromatic heterocycles. The molecule has 7 nitrogen and oxygen atoms in total. The van der Waals surface area contributed by atoms with E-state index in [0.717, 1.165) is 29.7 Å². The molecule has 35 heavy (non-hydrogen) atoms. The van der Waals surface area contributed by atoms with Crippen LogP contribution in [0.3, 0.4) is 0 Å². The number of sulfonamides is 1. The number of benzene rings is 3. The highest BCUT2D eigenvalue weighted by Gasteiger charge is 2.28. The van der Waals surface area contributed by atoms with Crippen LogP contribution in [0.5, 0.6) is 0 Å². The standard InChI is InChI=1S/C27H25N3O4S/c31-24(28-22-12-7-13-23(18-22)35(32,33)30-21-14-15-21)16-17-25-29-26(19-8-3-1-4-9-19)27(34-25)20-10-5-2-6-11-20/h1-13,18,21,30H,14-17H2,(H,28,31). The zero-order valence-electron chi connectivity index (χ0n) is 19.0. The van der Waals surface area contributed by atoms with Crippen molar-refractivity contribution in [1.29, 1.82) is 0 Å². The second-order valence-corrected chi connectivity index (χ2v) is 10.2. The minimum Gasteiger partial charge on any atom is -0.440 e. The first-order valence-corrected chi connectivity index (χ1v) is 13.0. The number of oxazole rings is 1. The molecule has 1 saturated carbocycles. The monoisotopic (exact) mass is 487 g/mol. The van der Waals surface area contributed by atoms with Gasteiger partial charge < -0.3 is 9.73 Å². The van der Waals surface area contributed by atoms with Gasteiger partial charge in [-0.25, -0.2) is 18.1 Å². The number of hydrogen-bond donors (Lipinski definition) is 2. The van der Waals surface area contributed by atoms with Gasteiger partial charge in [-0.15, -0.1) is 0 Å². The molecule has 1 heterocycles. The highest BCUT2D eigenvalue weighted by molar-refractivity contribution is 7.89. The summed E-state index contributed by atoms with van der Waals surface area (Å²) in [6, 6.07) is 25.8. The Kier molecular flexibility index (Phi) is 6.48. The lowest BCUT2D eigenvalue weighted by atomic mass is 10.1. The molecule has 3 aromatic carbocycles. The van der Waals surface area contributed by atoms with Gasteiger partial charge in [0, 0.05) is 35.7 Å². The van der Waals surface area contributed by atoms with Crippen LogP contribution in [0.4, 0.5) is 5.69 Å². The minimum absolute atomic E-state index is 0.0144. The Bertz CT molecular complexity index is 1370. The van der Waals surface area contributed by atoms with Crippen molar-refractivity contribution in [2.45, 2.75) is 36.6 Å². The second kappa shape index (κ2) is 9.85. The van der Waals surface area contributed by atoms with Crippen molar-refractivity contribution in [3.8, 4) is 22.6 Å². The molecule has 0 aliphatic heterocycles. The fourth-order valence-electron chi connectivity index (χ4n) is 3.72. The molecule has 0 unspecified atom stereocenters. The number of hydrogen-bond acceptors (Lipinski definition) is 5. The number of aryl methyl sites for hydroxylation is 1. The van der Waals surface area contributed by atoms with Gasteiger partial charge in [0.15, 0.2) is 11.7 Å². The number of aromatic nitrogens is 1. The molecule has 4 aromatic rings. The van der Waals surface area contributed by atoms with E-state index < -0.39 is 10.0 Å². The lowest BCUT2D eigenvalue weighted by Crippen LogP contribution is -2.25. The number of nitrogens with zero attached hydrogens (tertiary/aromatic N) is 1. The first-order chi connectivity index (χ1) is 17.0. The minimum atomic E-state index is -3.59. The first-order valence-electron chi connectivity index (χ1n) is 11.5. The Hall–Kier alpha value is -3.75. The molecule has 8 heteroatoms. The van der Waals surface area contributed by atoms with Gasteiger partial charge in [0.25, 0.3) is 0 Å². The Morgan fingerprint density at radius 1 is 0.914 bits per heavy atom. The van der Waals surface area contributed by atoms with Crippen LogP contribution in [-0.2, 0) is 21.2 Å². The Balaban J connectivity index is 1.29. The molecule has 1 aliphatic carbocycles. The van der Waals surface area contributed by atoms with E-state index in [1.54, 1.807) is 12.1 Å². The summed E-state index contributed by atoms with van der Waals surface area (Å²) in [5.74, 6) is 0.867. The molecule has 0 spiro atoms. The molecule has 0 atom stereocenters.